The van der Waals surface area contributed by atoms with Crippen LogP contribution in [0.2, 0.25) is 0 Å². The second-order valence-corrected chi connectivity index (χ2v) is 3.74. The van der Waals surface area contributed by atoms with Crippen molar-refractivity contribution < 1.29 is 0 Å². The molecule has 3 nitrogen and oxygen atoms in total. The molecule has 3 heteroatoms. The van der Waals surface area contributed by atoms with Crippen LogP contribution in [0.5, 0.6) is 0 Å². The van der Waals surface area contributed by atoms with Gasteiger partial charge in [-0.25, -0.2) is 10.4 Å². The second kappa shape index (κ2) is 9.16. The van der Waals surface area contributed by atoms with E-state index in [0.717, 1.165) is 0 Å². The Bertz CT molecular complexity index is 136. The van der Waals surface area contributed by atoms with Gasteiger partial charge in [-0.05, 0) is 19.6 Å². The smallest absolute Gasteiger partial charge is 0.100 e. The molecule has 0 radical (unpaired) electrons. The summed E-state index contributed by atoms with van der Waals surface area (Å²) < 4.78 is 0. The zero-order chi connectivity index (χ0) is 10.8. The minimum absolute atomic E-state index is 0.614. The highest BCUT2D eigenvalue weighted by atomic mass is 15.5. The molecular formula is C11H25N3. The zero-order valence-electron chi connectivity index (χ0n) is 9.92. The molecule has 0 amide bonds. The summed E-state index contributed by atoms with van der Waals surface area (Å²) in [5.74, 6) is 0. The SMILES string of the molecule is C=NCNN(C)C(CCC)CCCC. The zero-order valence-corrected chi connectivity index (χ0v) is 9.92. The van der Waals surface area contributed by atoms with E-state index in [1.54, 1.807) is 0 Å². The van der Waals surface area contributed by atoms with E-state index in [1.165, 1.54) is 32.1 Å². The third kappa shape index (κ3) is 6.11. The summed E-state index contributed by atoms with van der Waals surface area (Å²) in [6.07, 6.45) is 6.33. The van der Waals surface area contributed by atoms with Crippen LogP contribution >= 0.6 is 0 Å². The van der Waals surface area contributed by atoms with Crippen LogP contribution in [0.15, 0.2) is 4.99 Å². The van der Waals surface area contributed by atoms with Gasteiger partial charge in [-0.15, -0.1) is 0 Å². The van der Waals surface area contributed by atoms with Gasteiger partial charge in [0.15, 0.2) is 0 Å². The summed E-state index contributed by atoms with van der Waals surface area (Å²) >= 11 is 0. The normalized spacial score (nSPS) is 13.1. The molecule has 1 N–H and O–H groups in total. The van der Waals surface area contributed by atoms with Crippen molar-refractivity contribution in [2.24, 2.45) is 4.99 Å². The lowest BCUT2D eigenvalue weighted by molar-refractivity contribution is 0.146. The Labute approximate surface area is 88.6 Å². The van der Waals surface area contributed by atoms with Crippen molar-refractivity contribution >= 4 is 6.72 Å². The van der Waals surface area contributed by atoms with Crippen molar-refractivity contribution in [1.82, 2.24) is 10.4 Å². The molecule has 0 aromatic heterocycles. The highest BCUT2D eigenvalue weighted by Gasteiger charge is 2.11. The average molecular weight is 199 g/mol. The van der Waals surface area contributed by atoms with Gasteiger partial charge in [-0.1, -0.05) is 33.1 Å². The maximum atomic E-state index is 3.80. The number of unbranched alkanes of at least 4 members (excludes halogenated alkanes) is 1. The molecule has 0 heterocycles. The standard InChI is InChI=1S/C11H25N3/c1-5-7-9-11(8-6-2)14(4)13-10-12-3/h11,13H,3,5-10H2,1-2,4H3. The summed E-state index contributed by atoms with van der Waals surface area (Å²) in [6.45, 7) is 8.55. The van der Waals surface area contributed by atoms with Crippen molar-refractivity contribution in [2.45, 2.75) is 52.0 Å². The van der Waals surface area contributed by atoms with Crippen molar-refractivity contribution in [3.63, 3.8) is 0 Å². The van der Waals surface area contributed by atoms with E-state index in [9.17, 15) is 0 Å². The molecule has 0 aliphatic heterocycles. The quantitative estimate of drug-likeness (QED) is 0.456. The van der Waals surface area contributed by atoms with Crippen molar-refractivity contribution in [3.05, 3.63) is 0 Å². The lowest BCUT2D eigenvalue weighted by Crippen LogP contribution is -2.42. The molecule has 0 aromatic rings. The van der Waals surface area contributed by atoms with Gasteiger partial charge >= 0.3 is 0 Å². The molecule has 0 spiro atoms. The first-order valence-corrected chi connectivity index (χ1v) is 5.65. The predicted octanol–water partition coefficient (Wildman–Crippen LogP) is 2.44. The molecule has 0 saturated carbocycles. The molecule has 0 saturated heterocycles. The molecule has 0 aromatic carbocycles. The Hall–Kier alpha value is -0.410. The summed E-state index contributed by atoms with van der Waals surface area (Å²) in [6, 6.07) is 0.640. The van der Waals surface area contributed by atoms with Crippen LogP contribution in [0.1, 0.15) is 46.0 Å². The fraction of sp³-hybridized carbons (Fsp3) is 0.909. The third-order valence-corrected chi connectivity index (χ3v) is 2.49. The summed E-state index contributed by atoms with van der Waals surface area (Å²) in [7, 11) is 2.10. The maximum Gasteiger partial charge on any atom is 0.100 e. The lowest BCUT2D eigenvalue weighted by Gasteiger charge is -2.27. The molecule has 84 valence electrons. The van der Waals surface area contributed by atoms with Gasteiger partial charge in [0.25, 0.3) is 0 Å². The van der Waals surface area contributed by atoms with Gasteiger partial charge < -0.3 is 0 Å². The Morgan fingerprint density at radius 2 is 2.00 bits per heavy atom. The molecule has 1 atom stereocenters. The van der Waals surface area contributed by atoms with Crippen LogP contribution in [0.3, 0.4) is 0 Å². The first kappa shape index (κ1) is 13.6. The molecule has 0 rings (SSSR count). The van der Waals surface area contributed by atoms with Crippen LogP contribution in [-0.2, 0) is 0 Å². The van der Waals surface area contributed by atoms with E-state index < -0.39 is 0 Å². The fourth-order valence-corrected chi connectivity index (χ4v) is 1.60. The third-order valence-electron chi connectivity index (χ3n) is 2.49. The average Bonchev–Trinajstić information content (AvgIpc) is 2.20. The second-order valence-electron chi connectivity index (χ2n) is 3.74. The van der Waals surface area contributed by atoms with Crippen LogP contribution in [-0.4, -0.2) is 31.5 Å². The van der Waals surface area contributed by atoms with Gasteiger partial charge in [0.05, 0.1) is 0 Å². The lowest BCUT2D eigenvalue weighted by atomic mass is 10.1. The largest absolute Gasteiger partial charge is 0.284 e. The Kier molecular flexibility index (Phi) is 8.89. The number of aliphatic imine (C=N–C) groups is 1. The van der Waals surface area contributed by atoms with E-state index >= 15 is 0 Å². The first-order valence-electron chi connectivity index (χ1n) is 5.65. The van der Waals surface area contributed by atoms with Gasteiger partial charge in [-0.2, -0.15) is 0 Å². The molecule has 14 heavy (non-hydrogen) atoms. The Morgan fingerprint density at radius 3 is 2.50 bits per heavy atom. The van der Waals surface area contributed by atoms with E-state index in [0.29, 0.717) is 12.7 Å². The van der Waals surface area contributed by atoms with Crippen molar-refractivity contribution in [3.8, 4) is 0 Å². The number of nitrogens with one attached hydrogen (secondary N) is 1. The van der Waals surface area contributed by atoms with Gasteiger partial charge in [0.2, 0.25) is 0 Å². The summed E-state index contributed by atoms with van der Waals surface area (Å²) in [5, 5.41) is 2.19. The van der Waals surface area contributed by atoms with Gasteiger partial charge in [0, 0.05) is 13.1 Å². The minimum Gasteiger partial charge on any atom is -0.284 e. The van der Waals surface area contributed by atoms with Gasteiger partial charge in [0.1, 0.15) is 6.67 Å². The van der Waals surface area contributed by atoms with E-state index in [2.05, 4.69) is 43.0 Å². The maximum absolute atomic E-state index is 3.80. The highest BCUT2D eigenvalue weighted by Crippen LogP contribution is 2.11. The topological polar surface area (TPSA) is 27.6 Å². The fourth-order valence-electron chi connectivity index (χ4n) is 1.60. The molecule has 0 fully saturated rings. The summed E-state index contributed by atoms with van der Waals surface area (Å²) in [4.78, 5) is 3.80. The first-order chi connectivity index (χ1) is 6.76. The number of nitrogens with zero attached hydrogens (tertiary/aromatic N) is 2. The predicted molar refractivity (Wildman–Crippen MR) is 63.5 cm³/mol. The van der Waals surface area contributed by atoms with Crippen molar-refractivity contribution in [2.75, 3.05) is 13.7 Å². The molecule has 0 aliphatic rings. The molecule has 1 unspecified atom stereocenters. The Morgan fingerprint density at radius 1 is 1.29 bits per heavy atom. The monoisotopic (exact) mass is 199 g/mol. The van der Waals surface area contributed by atoms with E-state index in [-0.39, 0.29) is 0 Å². The molecular weight excluding hydrogens is 174 g/mol. The van der Waals surface area contributed by atoms with Crippen LogP contribution in [0.25, 0.3) is 0 Å². The number of hydrogen-bond acceptors (Lipinski definition) is 3. The van der Waals surface area contributed by atoms with Crippen LogP contribution < -0.4 is 5.43 Å². The summed E-state index contributed by atoms with van der Waals surface area (Å²) in [5.41, 5.74) is 3.23. The van der Waals surface area contributed by atoms with Crippen LogP contribution in [0.4, 0.5) is 0 Å². The molecule has 0 bridgehead atoms. The number of hydrazine groups is 1. The van der Waals surface area contributed by atoms with E-state index in [1.807, 2.05) is 0 Å². The van der Waals surface area contributed by atoms with Gasteiger partial charge in [-0.3, -0.25) is 4.99 Å². The Balaban J connectivity index is 3.82. The minimum atomic E-state index is 0.614. The van der Waals surface area contributed by atoms with E-state index in [4.69, 9.17) is 0 Å². The highest BCUT2D eigenvalue weighted by molar-refractivity contribution is 5.22. The van der Waals surface area contributed by atoms with Crippen LogP contribution in [0, 0.1) is 0 Å². The van der Waals surface area contributed by atoms with Crippen molar-refractivity contribution in [1.29, 1.82) is 0 Å². The molecule has 0 aliphatic carbocycles. The number of rotatable bonds is 9. The number of hydrogen-bond donors (Lipinski definition) is 1.